The van der Waals surface area contributed by atoms with Crippen LogP contribution in [0.15, 0.2) is 53.3 Å². The topological polar surface area (TPSA) is 55.9 Å². The minimum absolute atomic E-state index is 0.00654. The fourth-order valence-corrected chi connectivity index (χ4v) is 3.13. The van der Waals surface area contributed by atoms with Gasteiger partial charge in [0, 0.05) is 0 Å². The summed E-state index contributed by atoms with van der Waals surface area (Å²) in [5.74, 6) is 0.798. The fourth-order valence-electron chi connectivity index (χ4n) is 3.13. The molecule has 3 aromatic rings. The van der Waals surface area contributed by atoms with Gasteiger partial charge in [0.2, 0.25) is 0 Å². The predicted molar refractivity (Wildman–Crippen MR) is 105 cm³/mol. The highest BCUT2D eigenvalue weighted by Gasteiger charge is 2.20. The van der Waals surface area contributed by atoms with E-state index in [9.17, 15) is 4.79 Å². The average molecular weight is 352 g/mol. The molecule has 3 rings (SSSR count). The first-order chi connectivity index (χ1) is 12.5. The number of rotatable bonds is 6. The van der Waals surface area contributed by atoms with Gasteiger partial charge in [-0.15, -0.1) is 0 Å². The fraction of sp³-hybridized carbons (Fsp3) is 0.333. The Morgan fingerprint density at radius 3 is 2.50 bits per heavy atom. The van der Waals surface area contributed by atoms with Gasteiger partial charge in [-0.1, -0.05) is 29.8 Å². The maximum absolute atomic E-state index is 13.2. The molecule has 0 saturated heterocycles. The molecule has 1 heterocycles. The third kappa shape index (κ3) is 3.84. The van der Waals surface area contributed by atoms with Crippen molar-refractivity contribution >= 4 is 10.9 Å². The van der Waals surface area contributed by atoms with E-state index in [0.717, 1.165) is 30.1 Å². The highest BCUT2D eigenvalue weighted by Crippen LogP contribution is 2.16. The molecule has 5 heteroatoms. The van der Waals surface area contributed by atoms with Crippen LogP contribution in [0.4, 0.5) is 0 Å². The van der Waals surface area contributed by atoms with Gasteiger partial charge in [0.1, 0.15) is 19.1 Å². The largest absolute Gasteiger partial charge is 0.335 e. The van der Waals surface area contributed by atoms with Crippen LogP contribution in [-0.4, -0.2) is 36.7 Å². The normalized spacial score (nSPS) is 12.7. The van der Waals surface area contributed by atoms with Crippen LogP contribution in [0, 0.1) is 6.92 Å². The third-order valence-corrected chi connectivity index (χ3v) is 4.67. The molecular weight excluding hydrogens is 324 g/mol. The van der Waals surface area contributed by atoms with Crippen molar-refractivity contribution in [3.8, 4) is 5.69 Å². The van der Waals surface area contributed by atoms with E-state index >= 15 is 0 Å². The van der Waals surface area contributed by atoms with Gasteiger partial charge in [-0.25, -0.2) is 4.98 Å². The number of likely N-dealkylation sites (N-methyl/N-ethyl adjacent to an activating group) is 1. The molecule has 1 atom stereocenters. The Balaban J connectivity index is 2.11. The van der Waals surface area contributed by atoms with Crippen molar-refractivity contribution in [3.63, 3.8) is 0 Å². The van der Waals surface area contributed by atoms with Crippen molar-refractivity contribution in [3.05, 3.63) is 70.3 Å². The molecule has 5 nitrogen and oxygen atoms in total. The number of para-hydroxylation sites is 1. The van der Waals surface area contributed by atoms with E-state index in [1.807, 2.05) is 55.5 Å². The molecule has 0 amide bonds. The monoisotopic (exact) mass is 352 g/mol. The summed E-state index contributed by atoms with van der Waals surface area (Å²) in [6, 6.07) is 15.7. The first-order valence-electron chi connectivity index (χ1n) is 9.18. The smallest absolute Gasteiger partial charge is 0.266 e. The highest BCUT2D eigenvalue weighted by atomic mass is 16.1. The van der Waals surface area contributed by atoms with E-state index in [1.54, 1.807) is 4.57 Å². The van der Waals surface area contributed by atoms with E-state index in [4.69, 9.17) is 4.98 Å². The van der Waals surface area contributed by atoms with Gasteiger partial charge in [-0.3, -0.25) is 9.36 Å². The number of hydrogen-bond donors (Lipinski definition) is 2. The SMILES string of the molecule is Cc1ccc(-n2c([C@H](C)[NH2+]CC[NH+](C)C)nc3ccccc3c2=O)cc1. The van der Waals surface area contributed by atoms with Gasteiger partial charge in [-0.05, 0) is 38.1 Å². The van der Waals surface area contributed by atoms with Crippen molar-refractivity contribution in [2.45, 2.75) is 19.9 Å². The molecule has 0 saturated carbocycles. The molecule has 0 radical (unpaired) electrons. The Morgan fingerprint density at radius 2 is 1.81 bits per heavy atom. The van der Waals surface area contributed by atoms with E-state index in [-0.39, 0.29) is 11.6 Å². The second-order valence-electron chi connectivity index (χ2n) is 7.23. The summed E-state index contributed by atoms with van der Waals surface area (Å²) < 4.78 is 1.77. The zero-order valence-corrected chi connectivity index (χ0v) is 16.0. The van der Waals surface area contributed by atoms with Crippen LogP contribution in [0.1, 0.15) is 24.4 Å². The second-order valence-corrected chi connectivity index (χ2v) is 7.23. The first kappa shape index (κ1) is 18.3. The van der Waals surface area contributed by atoms with Gasteiger partial charge in [0.05, 0.1) is 30.7 Å². The van der Waals surface area contributed by atoms with Crippen LogP contribution in [0.25, 0.3) is 16.6 Å². The number of quaternary nitrogens is 2. The lowest BCUT2D eigenvalue weighted by Gasteiger charge is -2.18. The van der Waals surface area contributed by atoms with Gasteiger partial charge in [-0.2, -0.15) is 0 Å². The van der Waals surface area contributed by atoms with Crippen LogP contribution >= 0.6 is 0 Å². The summed E-state index contributed by atoms with van der Waals surface area (Å²) in [5, 5.41) is 2.91. The summed E-state index contributed by atoms with van der Waals surface area (Å²) in [6.07, 6.45) is 0. The summed E-state index contributed by atoms with van der Waals surface area (Å²) in [7, 11) is 4.30. The van der Waals surface area contributed by atoms with Crippen LogP contribution in [-0.2, 0) is 0 Å². The van der Waals surface area contributed by atoms with E-state index in [2.05, 4.69) is 26.3 Å². The molecule has 2 aromatic carbocycles. The van der Waals surface area contributed by atoms with E-state index in [0.29, 0.717) is 5.39 Å². The Morgan fingerprint density at radius 1 is 1.12 bits per heavy atom. The summed E-state index contributed by atoms with van der Waals surface area (Å²) >= 11 is 0. The quantitative estimate of drug-likeness (QED) is 0.677. The lowest BCUT2D eigenvalue weighted by molar-refractivity contribution is -0.877. The summed E-state index contributed by atoms with van der Waals surface area (Å²) in [4.78, 5) is 19.5. The molecule has 1 aromatic heterocycles. The molecule has 3 N–H and O–H groups in total. The molecule has 0 aliphatic carbocycles. The van der Waals surface area contributed by atoms with Crippen LogP contribution in [0.5, 0.6) is 0 Å². The Bertz CT molecular complexity index is 944. The van der Waals surface area contributed by atoms with Crippen molar-refractivity contribution < 1.29 is 10.2 Å². The van der Waals surface area contributed by atoms with Crippen molar-refractivity contribution in [1.29, 1.82) is 0 Å². The molecule has 0 spiro atoms. The molecule has 0 aliphatic heterocycles. The summed E-state index contributed by atoms with van der Waals surface area (Å²) in [5.41, 5.74) is 2.79. The molecule has 136 valence electrons. The molecule has 0 fully saturated rings. The van der Waals surface area contributed by atoms with Gasteiger partial charge >= 0.3 is 0 Å². The minimum Gasteiger partial charge on any atom is -0.335 e. The lowest BCUT2D eigenvalue weighted by atomic mass is 10.2. The Hall–Kier alpha value is -2.50. The maximum Gasteiger partial charge on any atom is 0.266 e. The number of nitrogens with zero attached hydrogens (tertiary/aromatic N) is 2. The Kier molecular flexibility index (Phi) is 5.49. The van der Waals surface area contributed by atoms with Crippen LogP contribution < -0.4 is 15.8 Å². The molecule has 0 unspecified atom stereocenters. The van der Waals surface area contributed by atoms with E-state index < -0.39 is 0 Å². The molecule has 0 bridgehead atoms. The number of aryl methyl sites for hydroxylation is 1. The number of hydrogen-bond acceptors (Lipinski definition) is 2. The number of nitrogens with two attached hydrogens (primary N) is 1. The predicted octanol–water partition coefficient (Wildman–Crippen LogP) is 0.463. The zero-order valence-electron chi connectivity index (χ0n) is 16.0. The van der Waals surface area contributed by atoms with Crippen LogP contribution in [0.3, 0.4) is 0 Å². The molecule has 26 heavy (non-hydrogen) atoms. The standard InChI is InChI=1S/C21H26N4O/c1-15-9-11-17(12-10-15)25-20(16(2)22-13-14-24(3)4)23-19-8-6-5-7-18(19)21(25)26/h5-12,16,22H,13-14H2,1-4H3/p+2/t16-/m0/s1. The second kappa shape index (κ2) is 7.81. The number of fused-ring (bicyclic) bond motifs is 1. The highest BCUT2D eigenvalue weighted by molar-refractivity contribution is 5.77. The summed E-state index contributed by atoms with van der Waals surface area (Å²) in [6.45, 7) is 6.21. The first-order valence-corrected chi connectivity index (χ1v) is 9.18. The zero-order chi connectivity index (χ0) is 18.7. The minimum atomic E-state index is -0.00654. The van der Waals surface area contributed by atoms with Gasteiger partial charge < -0.3 is 10.2 Å². The third-order valence-electron chi connectivity index (χ3n) is 4.67. The van der Waals surface area contributed by atoms with Crippen LogP contribution in [0.2, 0.25) is 0 Å². The van der Waals surface area contributed by atoms with Crippen molar-refractivity contribution in [2.24, 2.45) is 0 Å². The van der Waals surface area contributed by atoms with E-state index in [1.165, 1.54) is 10.5 Å². The maximum atomic E-state index is 13.2. The van der Waals surface area contributed by atoms with Crippen molar-refractivity contribution in [1.82, 2.24) is 9.55 Å². The average Bonchev–Trinajstić information content (AvgIpc) is 2.62. The molecule has 0 aliphatic rings. The van der Waals surface area contributed by atoms with Gasteiger partial charge in [0.25, 0.3) is 5.56 Å². The van der Waals surface area contributed by atoms with Gasteiger partial charge in [0.15, 0.2) is 5.82 Å². The Labute approximate surface area is 154 Å². The number of nitrogens with one attached hydrogen (secondary N) is 1. The molecular formula is C21H28N4O+2. The number of aromatic nitrogens is 2. The lowest BCUT2D eigenvalue weighted by Crippen LogP contribution is -3.09. The van der Waals surface area contributed by atoms with Crippen molar-refractivity contribution in [2.75, 3.05) is 27.2 Å². The number of benzene rings is 2.